The van der Waals surface area contributed by atoms with Gasteiger partial charge in [-0.2, -0.15) is 5.10 Å². The fourth-order valence-electron chi connectivity index (χ4n) is 2.80. The molecule has 0 fully saturated rings. The van der Waals surface area contributed by atoms with Crippen molar-refractivity contribution in [2.75, 3.05) is 0 Å². The van der Waals surface area contributed by atoms with E-state index in [0.717, 1.165) is 43.4 Å². The number of carboxylic acid groups (broad SMARTS) is 1. The highest BCUT2D eigenvalue weighted by Gasteiger charge is 2.25. The van der Waals surface area contributed by atoms with Crippen molar-refractivity contribution in [1.82, 2.24) is 9.78 Å². The van der Waals surface area contributed by atoms with Gasteiger partial charge in [0.05, 0.1) is 10.7 Å². The van der Waals surface area contributed by atoms with Gasteiger partial charge in [0.1, 0.15) is 0 Å². The van der Waals surface area contributed by atoms with Crippen LogP contribution in [0.4, 0.5) is 0 Å². The molecule has 4 nitrogen and oxygen atoms in total. The number of aromatic nitrogens is 2. The molecule has 6 heteroatoms. The molecule has 1 aromatic carbocycles. The van der Waals surface area contributed by atoms with Crippen molar-refractivity contribution in [2.45, 2.75) is 32.1 Å². The quantitative estimate of drug-likeness (QED) is 0.844. The van der Waals surface area contributed by atoms with E-state index in [0.29, 0.717) is 15.7 Å². The first-order valence-corrected chi connectivity index (χ1v) is 7.63. The van der Waals surface area contributed by atoms with Gasteiger partial charge < -0.3 is 5.11 Å². The summed E-state index contributed by atoms with van der Waals surface area (Å²) in [6.07, 6.45) is 4.69. The molecule has 0 atom stereocenters. The molecular weight excluding hydrogens is 311 g/mol. The minimum absolute atomic E-state index is 0.137. The number of carboxylic acids is 1. The molecule has 0 saturated heterocycles. The third-order valence-electron chi connectivity index (χ3n) is 3.77. The second-order valence-corrected chi connectivity index (χ2v) is 5.99. The van der Waals surface area contributed by atoms with Crippen LogP contribution in [0.15, 0.2) is 18.2 Å². The Bertz CT molecular complexity index is 710. The Morgan fingerprint density at radius 3 is 2.67 bits per heavy atom. The minimum atomic E-state index is -0.989. The third kappa shape index (κ3) is 2.65. The van der Waals surface area contributed by atoms with Crippen LogP contribution in [0.2, 0.25) is 10.0 Å². The van der Waals surface area contributed by atoms with E-state index in [2.05, 4.69) is 5.10 Å². The van der Waals surface area contributed by atoms with Gasteiger partial charge in [-0.25, -0.2) is 9.48 Å². The molecule has 3 rings (SSSR count). The lowest BCUT2D eigenvalue weighted by Crippen LogP contribution is -2.04. The van der Waals surface area contributed by atoms with E-state index in [-0.39, 0.29) is 5.69 Å². The standard InChI is InChI=1S/C15H14Cl2N2O2/c16-9-6-7-13(11(17)8-9)19-12-5-3-1-2-4-10(12)14(18-19)15(20)21/h6-8H,1-5H2,(H,20,21). The average Bonchev–Trinajstić information content (AvgIpc) is 2.63. The molecule has 110 valence electrons. The number of fused-ring (bicyclic) bond motifs is 1. The third-order valence-corrected chi connectivity index (χ3v) is 4.31. The summed E-state index contributed by atoms with van der Waals surface area (Å²) in [5, 5.41) is 14.7. The van der Waals surface area contributed by atoms with Crippen molar-refractivity contribution >= 4 is 29.2 Å². The van der Waals surface area contributed by atoms with Gasteiger partial charge in [-0.1, -0.05) is 29.6 Å². The molecular formula is C15H14Cl2N2O2. The number of hydrogen-bond donors (Lipinski definition) is 1. The number of rotatable bonds is 2. The average molecular weight is 325 g/mol. The van der Waals surface area contributed by atoms with Gasteiger partial charge in [0.2, 0.25) is 0 Å². The summed E-state index contributed by atoms with van der Waals surface area (Å²) < 4.78 is 1.67. The number of benzene rings is 1. The maximum Gasteiger partial charge on any atom is 0.356 e. The van der Waals surface area contributed by atoms with Gasteiger partial charge in [-0.3, -0.25) is 0 Å². The molecule has 0 aliphatic heterocycles. The molecule has 1 N–H and O–H groups in total. The van der Waals surface area contributed by atoms with E-state index >= 15 is 0 Å². The van der Waals surface area contributed by atoms with Gasteiger partial charge in [0.15, 0.2) is 5.69 Å². The molecule has 1 aliphatic carbocycles. The van der Waals surface area contributed by atoms with Crippen LogP contribution in [0, 0.1) is 0 Å². The van der Waals surface area contributed by atoms with Gasteiger partial charge in [-0.05, 0) is 43.9 Å². The van der Waals surface area contributed by atoms with E-state index in [1.807, 2.05) is 0 Å². The van der Waals surface area contributed by atoms with Crippen LogP contribution in [0.25, 0.3) is 5.69 Å². The Hall–Kier alpha value is -1.52. The zero-order valence-electron chi connectivity index (χ0n) is 11.3. The second kappa shape index (κ2) is 5.70. The Morgan fingerprint density at radius 1 is 1.19 bits per heavy atom. The zero-order valence-corrected chi connectivity index (χ0v) is 12.8. The number of carbonyl (C=O) groups is 1. The fourth-order valence-corrected chi connectivity index (χ4v) is 3.29. The molecule has 0 bridgehead atoms. The first-order chi connectivity index (χ1) is 10.1. The van der Waals surface area contributed by atoms with Gasteiger partial charge >= 0.3 is 5.97 Å². The predicted molar refractivity (Wildman–Crippen MR) is 81.8 cm³/mol. The van der Waals surface area contributed by atoms with Crippen molar-refractivity contribution in [1.29, 1.82) is 0 Å². The van der Waals surface area contributed by atoms with Crippen LogP contribution < -0.4 is 0 Å². The van der Waals surface area contributed by atoms with E-state index in [1.54, 1.807) is 22.9 Å². The Labute approximate surface area is 132 Å². The maximum atomic E-state index is 11.4. The number of halogens is 2. The Kier molecular flexibility index (Phi) is 3.91. The van der Waals surface area contributed by atoms with Crippen LogP contribution in [0.3, 0.4) is 0 Å². The minimum Gasteiger partial charge on any atom is -0.476 e. The van der Waals surface area contributed by atoms with E-state index in [9.17, 15) is 9.90 Å². The molecule has 1 aromatic heterocycles. The van der Waals surface area contributed by atoms with E-state index in [4.69, 9.17) is 23.2 Å². The van der Waals surface area contributed by atoms with Crippen LogP contribution >= 0.6 is 23.2 Å². The number of nitrogens with zero attached hydrogens (tertiary/aromatic N) is 2. The van der Waals surface area contributed by atoms with Gasteiger partial charge in [0.25, 0.3) is 0 Å². The largest absolute Gasteiger partial charge is 0.476 e. The number of hydrogen-bond acceptors (Lipinski definition) is 2. The van der Waals surface area contributed by atoms with Crippen molar-refractivity contribution in [3.63, 3.8) is 0 Å². The lowest BCUT2D eigenvalue weighted by atomic mass is 10.1. The first kappa shape index (κ1) is 14.4. The molecule has 0 unspecified atom stereocenters. The lowest BCUT2D eigenvalue weighted by molar-refractivity contribution is 0.0688. The smallest absolute Gasteiger partial charge is 0.356 e. The van der Waals surface area contributed by atoms with E-state index < -0.39 is 5.97 Å². The predicted octanol–water partition coefficient (Wildman–Crippen LogP) is 4.15. The maximum absolute atomic E-state index is 11.4. The lowest BCUT2D eigenvalue weighted by Gasteiger charge is -2.09. The fraction of sp³-hybridized carbons (Fsp3) is 0.333. The van der Waals surface area contributed by atoms with Crippen molar-refractivity contribution in [3.8, 4) is 5.69 Å². The van der Waals surface area contributed by atoms with Crippen LogP contribution in [-0.4, -0.2) is 20.9 Å². The summed E-state index contributed by atoms with van der Waals surface area (Å²) in [4.78, 5) is 11.4. The van der Waals surface area contributed by atoms with Gasteiger partial charge in [0, 0.05) is 16.3 Å². The topological polar surface area (TPSA) is 55.1 Å². The summed E-state index contributed by atoms with van der Waals surface area (Å²) in [5.74, 6) is -0.989. The zero-order chi connectivity index (χ0) is 15.0. The Morgan fingerprint density at radius 2 is 1.95 bits per heavy atom. The Balaban J connectivity index is 2.20. The summed E-state index contributed by atoms with van der Waals surface area (Å²) in [6.45, 7) is 0. The SMILES string of the molecule is O=C(O)c1nn(-c2ccc(Cl)cc2Cl)c2c1CCCCC2. The first-order valence-electron chi connectivity index (χ1n) is 6.87. The monoisotopic (exact) mass is 324 g/mol. The molecule has 21 heavy (non-hydrogen) atoms. The summed E-state index contributed by atoms with van der Waals surface area (Å²) >= 11 is 12.2. The highest BCUT2D eigenvalue weighted by atomic mass is 35.5. The van der Waals surface area contributed by atoms with Crippen LogP contribution in [0.1, 0.15) is 41.0 Å². The van der Waals surface area contributed by atoms with Crippen molar-refractivity contribution in [2.24, 2.45) is 0 Å². The summed E-state index contributed by atoms with van der Waals surface area (Å²) in [6, 6.07) is 5.14. The number of aromatic carboxylic acids is 1. The summed E-state index contributed by atoms with van der Waals surface area (Å²) in [5.41, 5.74) is 2.60. The molecule has 0 spiro atoms. The van der Waals surface area contributed by atoms with Crippen LogP contribution in [-0.2, 0) is 12.8 Å². The highest BCUT2D eigenvalue weighted by Crippen LogP contribution is 2.30. The molecule has 0 saturated carbocycles. The van der Waals surface area contributed by atoms with Gasteiger partial charge in [-0.15, -0.1) is 0 Å². The van der Waals surface area contributed by atoms with Crippen molar-refractivity contribution in [3.05, 3.63) is 45.2 Å². The van der Waals surface area contributed by atoms with Crippen LogP contribution in [0.5, 0.6) is 0 Å². The second-order valence-electron chi connectivity index (χ2n) is 5.15. The molecule has 1 heterocycles. The molecule has 0 amide bonds. The van der Waals surface area contributed by atoms with Crippen molar-refractivity contribution < 1.29 is 9.90 Å². The highest BCUT2D eigenvalue weighted by molar-refractivity contribution is 6.35. The van der Waals surface area contributed by atoms with E-state index in [1.165, 1.54) is 0 Å². The summed E-state index contributed by atoms with van der Waals surface area (Å²) in [7, 11) is 0. The molecule has 0 radical (unpaired) electrons. The molecule has 1 aliphatic rings. The normalized spacial score (nSPS) is 14.6. The molecule has 2 aromatic rings.